The summed E-state index contributed by atoms with van der Waals surface area (Å²) in [5.74, 6) is -0.429. The maximum absolute atomic E-state index is 13.4. The van der Waals surface area contributed by atoms with Crippen LogP contribution in [-0.4, -0.2) is 44.5 Å². The van der Waals surface area contributed by atoms with Crippen LogP contribution in [0.1, 0.15) is 45.6 Å². The molecule has 0 N–H and O–H groups in total. The smallest absolute Gasteiger partial charge is 0.305 e. The van der Waals surface area contributed by atoms with E-state index in [2.05, 4.69) is 14.5 Å². The van der Waals surface area contributed by atoms with Gasteiger partial charge < -0.3 is 14.3 Å². The van der Waals surface area contributed by atoms with Crippen molar-refractivity contribution in [2.75, 3.05) is 20.3 Å². The standard InChI is InChI=1S/C13H14FNO.C5H10O2.C3H8O/c14-12-7-6-11(9-16)13(12)15-8-10-4-2-1-3-5-10;1-3-5(6)7-4-2;1-3-4-2/h1-5,9,11-12H,6-8H2;3-4H2,1-2H3;3H2,1-2H3. The zero-order valence-corrected chi connectivity index (χ0v) is 16.8. The highest BCUT2D eigenvalue weighted by Crippen LogP contribution is 2.24. The van der Waals surface area contributed by atoms with Crippen molar-refractivity contribution in [3.63, 3.8) is 0 Å². The third-order valence-corrected chi connectivity index (χ3v) is 3.77. The number of hydrogen-bond donors (Lipinski definition) is 0. The minimum atomic E-state index is -1.03. The van der Waals surface area contributed by atoms with Gasteiger partial charge >= 0.3 is 5.97 Å². The van der Waals surface area contributed by atoms with Gasteiger partial charge in [0.05, 0.1) is 24.8 Å². The average molecular weight is 381 g/mol. The summed E-state index contributed by atoms with van der Waals surface area (Å²) in [6.45, 7) is 7.30. The molecule has 27 heavy (non-hydrogen) atoms. The monoisotopic (exact) mass is 381 g/mol. The lowest BCUT2D eigenvalue weighted by molar-refractivity contribution is -0.142. The summed E-state index contributed by atoms with van der Waals surface area (Å²) in [6, 6.07) is 9.67. The molecule has 1 aliphatic rings. The van der Waals surface area contributed by atoms with Gasteiger partial charge in [0, 0.05) is 20.1 Å². The van der Waals surface area contributed by atoms with Crippen molar-refractivity contribution in [2.24, 2.45) is 10.9 Å². The minimum Gasteiger partial charge on any atom is -0.466 e. The molecule has 0 amide bonds. The summed E-state index contributed by atoms with van der Waals surface area (Å²) < 4.78 is 22.5. The molecule has 0 bridgehead atoms. The van der Waals surface area contributed by atoms with Crippen molar-refractivity contribution in [3.05, 3.63) is 35.9 Å². The summed E-state index contributed by atoms with van der Waals surface area (Å²) in [6.07, 6.45) is 1.28. The van der Waals surface area contributed by atoms with E-state index in [1.54, 1.807) is 21.0 Å². The van der Waals surface area contributed by atoms with Gasteiger partial charge in [0.1, 0.15) is 12.5 Å². The van der Waals surface area contributed by atoms with E-state index in [1.807, 2.05) is 37.3 Å². The zero-order chi connectivity index (χ0) is 20.5. The van der Waals surface area contributed by atoms with Crippen molar-refractivity contribution >= 4 is 18.0 Å². The highest BCUT2D eigenvalue weighted by molar-refractivity contribution is 6.01. The number of ether oxygens (including phenoxy) is 2. The first-order valence-electron chi connectivity index (χ1n) is 9.35. The maximum Gasteiger partial charge on any atom is 0.305 e. The molecule has 1 saturated carbocycles. The summed E-state index contributed by atoms with van der Waals surface area (Å²) in [4.78, 5) is 25.2. The Bertz CT molecular complexity index is 546. The summed E-state index contributed by atoms with van der Waals surface area (Å²) in [5.41, 5.74) is 1.47. The number of carbonyl (C=O) groups excluding carboxylic acids is 2. The number of methoxy groups -OCH3 is 1. The molecule has 6 heteroatoms. The maximum atomic E-state index is 13.4. The molecule has 0 heterocycles. The van der Waals surface area contributed by atoms with Gasteiger partial charge in [0.15, 0.2) is 0 Å². The summed E-state index contributed by atoms with van der Waals surface area (Å²) >= 11 is 0. The Balaban J connectivity index is 0.000000514. The normalized spacial score (nSPS) is 19.4. The topological polar surface area (TPSA) is 65.0 Å². The van der Waals surface area contributed by atoms with Crippen LogP contribution in [0.5, 0.6) is 0 Å². The second-order valence-corrected chi connectivity index (χ2v) is 5.75. The molecule has 0 spiro atoms. The van der Waals surface area contributed by atoms with E-state index < -0.39 is 6.17 Å². The number of rotatable bonds is 6. The first-order valence-corrected chi connectivity index (χ1v) is 9.35. The number of hydrogen-bond acceptors (Lipinski definition) is 5. The lowest BCUT2D eigenvalue weighted by atomic mass is 10.1. The molecule has 1 aromatic carbocycles. The van der Waals surface area contributed by atoms with Crippen molar-refractivity contribution in [3.8, 4) is 0 Å². The molecule has 0 aliphatic heterocycles. The van der Waals surface area contributed by atoms with E-state index in [0.717, 1.165) is 18.5 Å². The van der Waals surface area contributed by atoms with Crippen LogP contribution in [0.3, 0.4) is 0 Å². The van der Waals surface area contributed by atoms with Crippen LogP contribution < -0.4 is 0 Å². The van der Waals surface area contributed by atoms with Gasteiger partial charge in [-0.2, -0.15) is 0 Å². The van der Waals surface area contributed by atoms with E-state index in [1.165, 1.54) is 0 Å². The van der Waals surface area contributed by atoms with Crippen LogP contribution in [0.4, 0.5) is 4.39 Å². The largest absolute Gasteiger partial charge is 0.466 e. The Morgan fingerprint density at radius 1 is 1.19 bits per heavy atom. The fraction of sp³-hybridized carbons (Fsp3) is 0.571. The number of halogens is 1. The van der Waals surface area contributed by atoms with Gasteiger partial charge in [-0.05, 0) is 32.3 Å². The molecular weight excluding hydrogens is 349 g/mol. The van der Waals surface area contributed by atoms with Crippen LogP contribution in [0, 0.1) is 5.92 Å². The first-order chi connectivity index (χ1) is 13.0. The van der Waals surface area contributed by atoms with Crippen molar-refractivity contribution in [1.29, 1.82) is 0 Å². The zero-order valence-electron chi connectivity index (χ0n) is 16.8. The number of aliphatic imine (C=N–C) groups is 1. The molecule has 0 saturated heterocycles. The quantitative estimate of drug-likeness (QED) is 0.547. The Morgan fingerprint density at radius 2 is 1.81 bits per heavy atom. The Kier molecular flexibility index (Phi) is 14.9. The van der Waals surface area contributed by atoms with E-state index in [-0.39, 0.29) is 11.9 Å². The van der Waals surface area contributed by atoms with Crippen molar-refractivity contribution in [1.82, 2.24) is 0 Å². The fourth-order valence-electron chi connectivity index (χ4n) is 2.24. The van der Waals surface area contributed by atoms with E-state index >= 15 is 0 Å². The summed E-state index contributed by atoms with van der Waals surface area (Å²) in [7, 11) is 1.68. The van der Waals surface area contributed by atoms with Crippen molar-refractivity contribution < 1.29 is 23.5 Å². The molecule has 0 radical (unpaired) electrons. The van der Waals surface area contributed by atoms with Gasteiger partial charge in [-0.3, -0.25) is 9.79 Å². The number of aldehydes is 1. The minimum absolute atomic E-state index is 0.123. The lowest BCUT2D eigenvalue weighted by Gasteiger charge is -2.05. The fourth-order valence-corrected chi connectivity index (χ4v) is 2.24. The van der Waals surface area contributed by atoms with E-state index in [9.17, 15) is 14.0 Å². The third-order valence-electron chi connectivity index (χ3n) is 3.77. The molecule has 1 fully saturated rings. The SMILES string of the molecule is CCOC.CCOC(=O)CC.O=CC1CCC(F)C1=NCc1ccccc1. The number of alkyl halides is 1. The molecule has 5 nitrogen and oxygen atoms in total. The highest BCUT2D eigenvalue weighted by Gasteiger charge is 2.31. The van der Waals surface area contributed by atoms with Crippen LogP contribution in [0.15, 0.2) is 35.3 Å². The molecule has 1 aliphatic carbocycles. The lowest BCUT2D eigenvalue weighted by Crippen LogP contribution is -2.16. The number of benzene rings is 1. The molecule has 152 valence electrons. The van der Waals surface area contributed by atoms with Gasteiger partial charge in [-0.15, -0.1) is 0 Å². The first kappa shape index (κ1) is 24.9. The van der Waals surface area contributed by atoms with E-state index in [0.29, 0.717) is 38.1 Å². The third kappa shape index (κ3) is 11.3. The van der Waals surface area contributed by atoms with Gasteiger partial charge in [-0.25, -0.2) is 4.39 Å². The van der Waals surface area contributed by atoms with Gasteiger partial charge in [0.25, 0.3) is 0 Å². The Labute approximate surface area is 162 Å². The van der Waals surface area contributed by atoms with Crippen LogP contribution >= 0.6 is 0 Å². The van der Waals surface area contributed by atoms with Crippen LogP contribution in [0.25, 0.3) is 0 Å². The van der Waals surface area contributed by atoms with E-state index in [4.69, 9.17) is 0 Å². The highest BCUT2D eigenvalue weighted by atomic mass is 19.1. The molecule has 2 unspecified atom stereocenters. The predicted octanol–water partition coefficient (Wildman–Crippen LogP) is 4.19. The Morgan fingerprint density at radius 3 is 2.26 bits per heavy atom. The molecule has 1 aromatic rings. The van der Waals surface area contributed by atoms with Crippen LogP contribution in [0.2, 0.25) is 0 Å². The summed E-state index contributed by atoms with van der Waals surface area (Å²) in [5, 5.41) is 0. The van der Waals surface area contributed by atoms with Crippen molar-refractivity contribution in [2.45, 2.75) is 52.8 Å². The average Bonchev–Trinajstić information content (AvgIpc) is 3.07. The predicted molar refractivity (Wildman–Crippen MR) is 106 cm³/mol. The number of carbonyl (C=O) groups is 2. The van der Waals surface area contributed by atoms with Gasteiger partial charge in [0.2, 0.25) is 0 Å². The molecular formula is C21H32FNO4. The second kappa shape index (κ2) is 16.1. The number of esters is 1. The number of nitrogens with zero attached hydrogens (tertiary/aromatic N) is 1. The Hall–Kier alpha value is -2.08. The van der Waals surface area contributed by atoms with Crippen LogP contribution in [-0.2, 0) is 25.6 Å². The molecule has 2 rings (SSSR count). The second-order valence-electron chi connectivity index (χ2n) is 5.75. The molecule has 0 aromatic heterocycles. The van der Waals surface area contributed by atoms with Gasteiger partial charge in [-0.1, -0.05) is 37.3 Å². The molecule has 2 atom stereocenters.